The molecule has 0 N–H and O–H groups in total. The lowest BCUT2D eigenvalue weighted by Gasteiger charge is -2.26. The summed E-state index contributed by atoms with van der Waals surface area (Å²) in [6.07, 6.45) is 2.47. The predicted molar refractivity (Wildman–Crippen MR) is 66.8 cm³/mol. The maximum Gasteiger partial charge on any atom is 0.249 e. The van der Waals surface area contributed by atoms with E-state index in [0.29, 0.717) is 18.1 Å². The van der Waals surface area contributed by atoms with Crippen LogP contribution in [0.1, 0.15) is 57.8 Å². The second-order valence-corrected chi connectivity index (χ2v) is 6.16. The van der Waals surface area contributed by atoms with Gasteiger partial charge in [-0.25, -0.2) is 0 Å². The minimum Gasteiger partial charge on any atom is -0.337 e. The molecule has 1 aromatic heterocycles. The molecule has 0 saturated carbocycles. The molecule has 1 amide bonds. The van der Waals surface area contributed by atoms with Crippen LogP contribution >= 0.6 is 0 Å². The van der Waals surface area contributed by atoms with E-state index in [0.717, 1.165) is 19.4 Å². The first-order valence-electron chi connectivity index (χ1n) is 6.46. The molecule has 1 aliphatic rings. The molecule has 1 saturated heterocycles. The van der Waals surface area contributed by atoms with Crippen molar-refractivity contribution < 1.29 is 9.32 Å². The van der Waals surface area contributed by atoms with Gasteiger partial charge in [0.25, 0.3) is 0 Å². The number of rotatable bonds is 2. The van der Waals surface area contributed by atoms with Crippen molar-refractivity contribution in [3.05, 3.63) is 11.7 Å². The van der Waals surface area contributed by atoms with Crippen molar-refractivity contribution in [2.75, 3.05) is 6.54 Å². The maximum absolute atomic E-state index is 12.3. The molecule has 0 bridgehead atoms. The Balaban J connectivity index is 2.10. The van der Waals surface area contributed by atoms with Crippen LogP contribution in [0.3, 0.4) is 0 Å². The minimum absolute atomic E-state index is 0.00891. The zero-order valence-electron chi connectivity index (χ0n) is 11.6. The summed E-state index contributed by atoms with van der Waals surface area (Å²) in [4.78, 5) is 18.4. The molecule has 1 fully saturated rings. The first kappa shape index (κ1) is 13.1. The van der Waals surface area contributed by atoms with Crippen molar-refractivity contribution in [1.29, 1.82) is 0 Å². The molecule has 0 spiro atoms. The highest BCUT2D eigenvalue weighted by molar-refractivity contribution is 5.77. The quantitative estimate of drug-likeness (QED) is 0.810. The second kappa shape index (κ2) is 4.71. The van der Waals surface area contributed by atoms with E-state index < -0.39 is 0 Å². The van der Waals surface area contributed by atoms with Crippen molar-refractivity contribution in [3.63, 3.8) is 0 Å². The van der Waals surface area contributed by atoms with E-state index in [1.54, 1.807) is 6.92 Å². The van der Waals surface area contributed by atoms with Gasteiger partial charge in [0.05, 0.1) is 0 Å². The summed E-state index contributed by atoms with van der Waals surface area (Å²) in [5.41, 5.74) is 0.00891. The highest BCUT2D eigenvalue weighted by Crippen LogP contribution is 2.33. The molecule has 18 heavy (non-hydrogen) atoms. The Bertz CT molecular complexity index is 434. The van der Waals surface area contributed by atoms with Crippen LogP contribution in [0, 0.1) is 12.3 Å². The number of aryl methyl sites for hydroxylation is 1. The third-order valence-electron chi connectivity index (χ3n) is 3.08. The van der Waals surface area contributed by atoms with Gasteiger partial charge >= 0.3 is 0 Å². The topological polar surface area (TPSA) is 59.2 Å². The fourth-order valence-corrected chi connectivity index (χ4v) is 2.33. The molecule has 1 aromatic rings. The Morgan fingerprint density at radius 3 is 2.78 bits per heavy atom. The van der Waals surface area contributed by atoms with Gasteiger partial charge in [0.2, 0.25) is 11.8 Å². The van der Waals surface area contributed by atoms with Crippen LogP contribution in [-0.4, -0.2) is 27.5 Å². The molecule has 5 heteroatoms. The molecule has 2 heterocycles. The van der Waals surface area contributed by atoms with Gasteiger partial charge in [-0.05, 0) is 25.2 Å². The largest absolute Gasteiger partial charge is 0.337 e. The van der Waals surface area contributed by atoms with Gasteiger partial charge in [-0.1, -0.05) is 25.9 Å². The molecule has 1 aliphatic heterocycles. The van der Waals surface area contributed by atoms with Crippen LogP contribution < -0.4 is 0 Å². The predicted octanol–water partition coefficient (Wildman–Crippen LogP) is 2.48. The fraction of sp³-hybridized carbons (Fsp3) is 0.769. The van der Waals surface area contributed by atoms with Crippen molar-refractivity contribution in [1.82, 2.24) is 15.0 Å². The zero-order chi connectivity index (χ0) is 13.3. The molecule has 0 radical (unpaired) electrons. The minimum atomic E-state index is -0.0268. The van der Waals surface area contributed by atoms with E-state index in [-0.39, 0.29) is 17.4 Å². The summed E-state index contributed by atoms with van der Waals surface area (Å²) < 4.78 is 5.20. The average molecular weight is 251 g/mol. The van der Waals surface area contributed by atoms with E-state index in [4.69, 9.17) is 4.52 Å². The Morgan fingerprint density at radius 2 is 2.22 bits per heavy atom. The lowest BCUT2D eigenvalue weighted by molar-refractivity contribution is -0.134. The Hall–Kier alpha value is -1.39. The highest BCUT2D eigenvalue weighted by atomic mass is 16.5. The summed E-state index contributed by atoms with van der Waals surface area (Å²) in [7, 11) is 0. The van der Waals surface area contributed by atoms with Gasteiger partial charge < -0.3 is 9.42 Å². The molecule has 100 valence electrons. The molecular weight excluding hydrogens is 230 g/mol. The highest BCUT2D eigenvalue weighted by Gasteiger charge is 2.34. The monoisotopic (exact) mass is 251 g/mol. The zero-order valence-corrected chi connectivity index (χ0v) is 11.6. The summed E-state index contributed by atoms with van der Waals surface area (Å²) in [6.45, 7) is 8.82. The van der Waals surface area contributed by atoms with Crippen molar-refractivity contribution in [2.24, 2.45) is 5.41 Å². The number of carbonyl (C=O) groups excluding carboxylic acids is 1. The van der Waals surface area contributed by atoms with Gasteiger partial charge in [-0.15, -0.1) is 0 Å². The SMILES string of the molecule is Cc1noc(C2CCCN2C(=O)CC(C)(C)C)n1. The third-order valence-corrected chi connectivity index (χ3v) is 3.08. The van der Waals surface area contributed by atoms with E-state index in [1.165, 1.54) is 0 Å². The standard InChI is InChI=1S/C13H21N3O2/c1-9-14-12(18-15-9)10-6-5-7-16(10)11(17)8-13(2,3)4/h10H,5-8H2,1-4H3. The number of amides is 1. The summed E-state index contributed by atoms with van der Waals surface area (Å²) in [6, 6.07) is -0.0268. The average Bonchev–Trinajstić information content (AvgIpc) is 2.81. The van der Waals surface area contributed by atoms with Crippen molar-refractivity contribution in [2.45, 2.75) is 53.0 Å². The van der Waals surface area contributed by atoms with Crippen LogP contribution in [0.25, 0.3) is 0 Å². The van der Waals surface area contributed by atoms with Crippen LogP contribution in [0.15, 0.2) is 4.52 Å². The molecule has 1 atom stereocenters. The van der Waals surface area contributed by atoms with Crippen molar-refractivity contribution in [3.8, 4) is 0 Å². The molecule has 0 aromatic carbocycles. The molecule has 0 aliphatic carbocycles. The first-order chi connectivity index (χ1) is 8.37. The van der Waals surface area contributed by atoms with Gasteiger partial charge in [0, 0.05) is 13.0 Å². The van der Waals surface area contributed by atoms with Gasteiger partial charge in [-0.3, -0.25) is 4.79 Å². The number of aromatic nitrogens is 2. The van der Waals surface area contributed by atoms with Crippen molar-refractivity contribution >= 4 is 5.91 Å². The number of nitrogens with zero attached hydrogens (tertiary/aromatic N) is 3. The lowest BCUT2D eigenvalue weighted by atomic mass is 9.91. The van der Waals surface area contributed by atoms with Crippen LogP contribution in [0.2, 0.25) is 0 Å². The molecular formula is C13H21N3O2. The van der Waals surface area contributed by atoms with E-state index >= 15 is 0 Å². The van der Waals surface area contributed by atoms with Crippen LogP contribution in [0.4, 0.5) is 0 Å². The van der Waals surface area contributed by atoms with E-state index in [2.05, 4.69) is 30.9 Å². The summed E-state index contributed by atoms with van der Waals surface area (Å²) >= 11 is 0. The van der Waals surface area contributed by atoms with Crippen LogP contribution in [0.5, 0.6) is 0 Å². The van der Waals surface area contributed by atoms with Gasteiger partial charge in [0.1, 0.15) is 6.04 Å². The van der Waals surface area contributed by atoms with E-state index in [1.807, 2.05) is 4.90 Å². The number of hydrogen-bond acceptors (Lipinski definition) is 4. The first-order valence-corrected chi connectivity index (χ1v) is 6.46. The maximum atomic E-state index is 12.3. The van der Waals surface area contributed by atoms with Gasteiger partial charge in [0.15, 0.2) is 5.82 Å². The van der Waals surface area contributed by atoms with Crippen LogP contribution in [-0.2, 0) is 4.79 Å². The summed E-state index contributed by atoms with van der Waals surface area (Å²) in [5, 5.41) is 3.81. The summed E-state index contributed by atoms with van der Waals surface area (Å²) in [5.74, 6) is 1.38. The number of hydrogen-bond donors (Lipinski definition) is 0. The Kier molecular flexibility index (Phi) is 3.41. The van der Waals surface area contributed by atoms with Gasteiger partial charge in [-0.2, -0.15) is 4.98 Å². The second-order valence-electron chi connectivity index (χ2n) is 6.16. The smallest absolute Gasteiger partial charge is 0.249 e. The number of likely N-dealkylation sites (tertiary alicyclic amines) is 1. The third kappa shape index (κ3) is 2.89. The Labute approximate surface area is 108 Å². The van der Waals surface area contributed by atoms with E-state index in [9.17, 15) is 4.79 Å². The fourth-order valence-electron chi connectivity index (χ4n) is 2.33. The lowest BCUT2D eigenvalue weighted by Crippen LogP contribution is -2.33. The molecule has 1 unspecified atom stereocenters. The Morgan fingerprint density at radius 1 is 1.50 bits per heavy atom. The molecule has 5 nitrogen and oxygen atoms in total. The number of carbonyl (C=O) groups is 1. The molecule has 2 rings (SSSR count). The normalized spacial score (nSPS) is 20.4.